The highest BCUT2D eigenvalue weighted by Crippen LogP contribution is 2.25. The first-order chi connectivity index (χ1) is 12.9. The van der Waals surface area contributed by atoms with Crippen LogP contribution in [-0.4, -0.2) is 82.3 Å². The molecule has 1 fully saturated rings. The van der Waals surface area contributed by atoms with Crippen LogP contribution in [0.15, 0.2) is 29.4 Å². The molecule has 3 heterocycles. The fourth-order valence-corrected chi connectivity index (χ4v) is 3.21. The van der Waals surface area contributed by atoms with Crippen LogP contribution in [0.3, 0.4) is 0 Å². The van der Waals surface area contributed by atoms with Crippen LogP contribution in [0.1, 0.15) is 12.7 Å². The zero-order valence-electron chi connectivity index (χ0n) is 15.9. The Hall–Kier alpha value is -1.63. The number of pyridine rings is 1. The summed E-state index contributed by atoms with van der Waals surface area (Å²) >= 11 is 0. The summed E-state index contributed by atoms with van der Waals surface area (Å²) in [7, 11) is 1.68. The van der Waals surface area contributed by atoms with Crippen molar-refractivity contribution in [3.63, 3.8) is 0 Å². The number of fused-ring (bicyclic) bond motifs is 1. The van der Waals surface area contributed by atoms with Gasteiger partial charge < -0.3 is 10.2 Å². The van der Waals surface area contributed by atoms with Crippen molar-refractivity contribution in [3.8, 4) is 0 Å². The van der Waals surface area contributed by atoms with Gasteiger partial charge in [0.2, 0.25) is 0 Å². The standard InChI is InChI=1S/C17H24F3N7.HI/c1-13(17(18,19)20)25-9-11-26(12-10-25)16(21-2)22-7-6-15-24-23-14-5-3-4-8-27(14)15;/h3-5,8,13H,6-7,9-12H2,1-2H3,(H,21,22);1H. The van der Waals surface area contributed by atoms with Crippen molar-refractivity contribution >= 4 is 35.6 Å². The molecule has 11 heteroatoms. The number of guanidine groups is 1. The first-order valence-electron chi connectivity index (χ1n) is 8.95. The Bertz CT molecular complexity index is 784. The van der Waals surface area contributed by atoms with E-state index in [2.05, 4.69) is 20.5 Å². The highest BCUT2D eigenvalue weighted by Gasteiger charge is 2.41. The number of hydrogen-bond acceptors (Lipinski definition) is 4. The number of aliphatic imine (C=N–C) groups is 1. The number of halogens is 4. The summed E-state index contributed by atoms with van der Waals surface area (Å²) in [6.07, 6.45) is -1.61. The molecule has 1 aliphatic heterocycles. The molecule has 0 amide bonds. The Morgan fingerprint density at radius 3 is 2.57 bits per heavy atom. The van der Waals surface area contributed by atoms with E-state index < -0.39 is 12.2 Å². The molecule has 1 atom stereocenters. The summed E-state index contributed by atoms with van der Waals surface area (Å²) < 4.78 is 40.5. The van der Waals surface area contributed by atoms with Crippen LogP contribution in [0.5, 0.6) is 0 Å². The number of nitrogens with zero attached hydrogens (tertiary/aromatic N) is 6. The maximum atomic E-state index is 12.9. The van der Waals surface area contributed by atoms with Gasteiger partial charge in [0.1, 0.15) is 11.9 Å². The summed E-state index contributed by atoms with van der Waals surface area (Å²) in [5.74, 6) is 1.54. The van der Waals surface area contributed by atoms with Crippen LogP contribution in [-0.2, 0) is 6.42 Å². The van der Waals surface area contributed by atoms with Gasteiger partial charge >= 0.3 is 6.18 Å². The Morgan fingerprint density at radius 1 is 1.21 bits per heavy atom. The van der Waals surface area contributed by atoms with E-state index >= 15 is 0 Å². The minimum atomic E-state index is -4.19. The van der Waals surface area contributed by atoms with Crippen LogP contribution >= 0.6 is 24.0 Å². The van der Waals surface area contributed by atoms with Gasteiger partial charge in [-0.3, -0.25) is 14.3 Å². The van der Waals surface area contributed by atoms with Crippen molar-refractivity contribution in [2.45, 2.75) is 25.6 Å². The lowest BCUT2D eigenvalue weighted by atomic mass is 10.2. The Labute approximate surface area is 179 Å². The van der Waals surface area contributed by atoms with Gasteiger partial charge in [0.15, 0.2) is 11.6 Å². The van der Waals surface area contributed by atoms with Gasteiger partial charge in [0, 0.05) is 52.4 Å². The summed E-state index contributed by atoms with van der Waals surface area (Å²) in [5.41, 5.74) is 0.798. The largest absolute Gasteiger partial charge is 0.403 e. The predicted octanol–water partition coefficient (Wildman–Crippen LogP) is 2.03. The maximum absolute atomic E-state index is 12.9. The normalized spacial score (nSPS) is 17.5. The number of aromatic nitrogens is 3. The van der Waals surface area contributed by atoms with Gasteiger partial charge in [0.25, 0.3) is 0 Å². The Kier molecular flexibility index (Phi) is 7.87. The molecule has 1 N–H and O–H groups in total. The van der Waals surface area contributed by atoms with Crippen molar-refractivity contribution in [2.75, 3.05) is 39.8 Å². The highest BCUT2D eigenvalue weighted by molar-refractivity contribution is 14.0. The first-order valence-corrected chi connectivity index (χ1v) is 8.95. The van der Waals surface area contributed by atoms with Gasteiger partial charge in [-0.15, -0.1) is 34.2 Å². The summed E-state index contributed by atoms with van der Waals surface area (Å²) in [6.45, 7) is 3.56. The Balaban J connectivity index is 0.00000280. The SMILES string of the molecule is CN=C(NCCc1nnc2ccccn12)N1CCN(C(C)C(F)(F)F)CC1.I. The van der Waals surface area contributed by atoms with Crippen molar-refractivity contribution in [2.24, 2.45) is 4.99 Å². The maximum Gasteiger partial charge on any atom is 0.403 e. The molecule has 3 rings (SSSR count). The van der Waals surface area contributed by atoms with Gasteiger partial charge in [0.05, 0.1) is 0 Å². The van der Waals surface area contributed by atoms with Gasteiger partial charge in [-0.2, -0.15) is 13.2 Å². The van der Waals surface area contributed by atoms with E-state index in [0.717, 1.165) is 11.5 Å². The molecule has 0 radical (unpaired) electrons. The topological polar surface area (TPSA) is 61.1 Å². The van der Waals surface area contributed by atoms with E-state index in [-0.39, 0.29) is 24.0 Å². The molecule has 0 spiro atoms. The smallest absolute Gasteiger partial charge is 0.356 e. The number of rotatable bonds is 4. The van der Waals surface area contributed by atoms with E-state index in [9.17, 15) is 13.2 Å². The van der Waals surface area contributed by atoms with Gasteiger partial charge in [-0.05, 0) is 19.1 Å². The predicted molar refractivity (Wildman–Crippen MR) is 112 cm³/mol. The summed E-state index contributed by atoms with van der Waals surface area (Å²) in [5, 5.41) is 11.6. The van der Waals surface area contributed by atoms with Crippen LogP contribution in [0.25, 0.3) is 5.65 Å². The molecule has 1 unspecified atom stereocenters. The zero-order chi connectivity index (χ0) is 19.4. The third kappa shape index (κ3) is 5.25. The highest BCUT2D eigenvalue weighted by atomic mass is 127. The molecule has 28 heavy (non-hydrogen) atoms. The van der Waals surface area contributed by atoms with Crippen molar-refractivity contribution in [1.29, 1.82) is 0 Å². The molecule has 0 aromatic carbocycles. The molecule has 0 aliphatic carbocycles. The molecular weight excluding hydrogens is 486 g/mol. The molecule has 156 valence electrons. The quantitative estimate of drug-likeness (QED) is 0.387. The van der Waals surface area contributed by atoms with E-state index in [1.54, 1.807) is 7.05 Å². The third-order valence-corrected chi connectivity index (χ3v) is 4.86. The minimum Gasteiger partial charge on any atom is -0.356 e. The van der Waals surface area contributed by atoms with Crippen molar-refractivity contribution in [3.05, 3.63) is 30.2 Å². The van der Waals surface area contributed by atoms with Crippen molar-refractivity contribution in [1.82, 2.24) is 29.7 Å². The number of hydrogen-bond donors (Lipinski definition) is 1. The van der Waals surface area contributed by atoms with Crippen LogP contribution in [0, 0.1) is 0 Å². The third-order valence-electron chi connectivity index (χ3n) is 4.86. The van der Waals surface area contributed by atoms with Crippen LogP contribution in [0.4, 0.5) is 13.2 Å². The molecule has 0 saturated carbocycles. The van der Waals surface area contributed by atoms with Gasteiger partial charge in [-0.1, -0.05) is 6.07 Å². The lowest BCUT2D eigenvalue weighted by Gasteiger charge is -2.39. The number of alkyl halides is 3. The minimum absolute atomic E-state index is 0. The summed E-state index contributed by atoms with van der Waals surface area (Å²) in [4.78, 5) is 7.71. The molecule has 1 saturated heterocycles. The summed E-state index contributed by atoms with van der Waals surface area (Å²) in [6, 6.07) is 4.31. The molecule has 7 nitrogen and oxygen atoms in total. The van der Waals surface area contributed by atoms with E-state index in [4.69, 9.17) is 0 Å². The molecule has 0 bridgehead atoms. The fourth-order valence-electron chi connectivity index (χ4n) is 3.21. The molecular formula is C17H25F3IN7. The second-order valence-corrected chi connectivity index (χ2v) is 6.51. The van der Waals surface area contributed by atoms with Gasteiger partial charge in [-0.25, -0.2) is 0 Å². The number of nitrogens with one attached hydrogen (secondary N) is 1. The lowest BCUT2D eigenvalue weighted by Crippen LogP contribution is -2.56. The average molecular weight is 511 g/mol. The van der Waals surface area contributed by atoms with E-state index in [1.807, 2.05) is 33.7 Å². The van der Waals surface area contributed by atoms with E-state index in [0.29, 0.717) is 45.1 Å². The lowest BCUT2D eigenvalue weighted by molar-refractivity contribution is -0.181. The Morgan fingerprint density at radius 2 is 1.93 bits per heavy atom. The second kappa shape index (κ2) is 9.72. The zero-order valence-corrected chi connectivity index (χ0v) is 18.2. The second-order valence-electron chi connectivity index (χ2n) is 6.51. The van der Waals surface area contributed by atoms with Crippen LogP contribution in [0.2, 0.25) is 0 Å². The molecule has 1 aliphatic rings. The van der Waals surface area contributed by atoms with E-state index in [1.165, 1.54) is 11.8 Å². The monoisotopic (exact) mass is 511 g/mol. The van der Waals surface area contributed by atoms with Crippen molar-refractivity contribution < 1.29 is 13.2 Å². The molecule has 2 aromatic heterocycles. The molecule has 2 aromatic rings. The fraction of sp³-hybridized carbons (Fsp3) is 0.588. The van der Waals surface area contributed by atoms with Crippen LogP contribution < -0.4 is 5.32 Å². The first kappa shape index (κ1) is 22.7. The average Bonchev–Trinajstić information content (AvgIpc) is 3.07. The number of piperazine rings is 1.